The third-order valence-corrected chi connectivity index (χ3v) is 6.37. The lowest BCUT2D eigenvalue weighted by atomic mass is 10.2. The minimum absolute atomic E-state index is 0.106. The molecule has 2 atom stereocenters. The lowest BCUT2D eigenvalue weighted by Gasteiger charge is -2.23. The van der Waals surface area contributed by atoms with Gasteiger partial charge in [-0.15, -0.1) is 5.10 Å². The number of nitrogens with one attached hydrogen (secondary N) is 1. The Labute approximate surface area is 198 Å². The van der Waals surface area contributed by atoms with Crippen LogP contribution in [-0.4, -0.2) is 57.3 Å². The molecule has 4 aromatic rings. The molecule has 35 heavy (non-hydrogen) atoms. The Morgan fingerprint density at radius 1 is 1.20 bits per heavy atom. The molecule has 14 heteroatoms. The Morgan fingerprint density at radius 3 is 2.74 bits per heavy atom. The Morgan fingerprint density at radius 2 is 2.00 bits per heavy atom. The fraction of sp³-hybridized carbons (Fsp3) is 0.429. The van der Waals surface area contributed by atoms with E-state index in [9.17, 15) is 14.4 Å². The average molecular weight is 480 g/mol. The molecular formula is C21H24N10O4. The molecule has 14 nitrogen and oxygen atoms in total. The topological polar surface area (TPSA) is 159 Å². The molecule has 0 bridgehead atoms. The number of hydrogen-bond donors (Lipinski definition) is 1. The maximum atomic E-state index is 13.0. The van der Waals surface area contributed by atoms with Gasteiger partial charge in [0.2, 0.25) is 0 Å². The van der Waals surface area contributed by atoms with Gasteiger partial charge in [-0.3, -0.25) is 24.0 Å². The molecule has 1 aliphatic heterocycles. The van der Waals surface area contributed by atoms with Crippen LogP contribution in [0.3, 0.4) is 0 Å². The van der Waals surface area contributed by atoms with Crippen LogP contribution in [0.2, 0.25) is 0 Å². The second-order valence-corrected chi connectivity index (χ2v) is 8.55. The summed E-state index contributed by atoms with van der Waals surface area (Å²) in [6.07, 6.45) is 6.55. The highest BCUT2D eigenvalue weighted by Gasteiger charge is 2.27. The molecule has 1 N–H and O–H groups in total. The summed E-state index contributed by atoms with van der Waals surface area (Å²) < 4.78 is 9.34. The van der Waals surface area contributed by atoms with Crippen LogP contribution in [0.15, 0.2) is 32.9 Å². The van der Waals surface area contributed by atoms with Crippen molar-refractivity contribution in [2.75, 3.05) is 16.8 Å². The smallest absolute Gasteiger partial charge is 0.332 e. The van der Waals surface area contributed by atoms with Crippen molar-refractivity contribution in [2.45, 2.75) is 38.8 Å². The van der Waals surface area contributed by atoms with E-state index in [0.29, 0.717) is 17.4 Å². The molecule has 0 aromatic carbocycles. The van der Waals surface area contributed by atoms with Gasteiger partial charge in [0.05, 0.1) is 11.9 Å². The molecule has 0 radical (unpaired) electrons. The monoisotopic (exact) mass is 480 g/mol. The molecule has 1 fully saturated rings. The second-order valence-electron chi connectivity index (χ2n) is 8.55. The molecule has 4 aromatic heterocycles. The number of imidazole rings is 1. The quantitative estimate of drug-likeness (QED) is 0.425. The Hall–Kier alpha value is -4.36. The normalized spacial score (nSPS) is 16.7. The van der Waals surface area contributed by atoms with Crippen molar-refractivity contribution in [3.63, 3.8) is 0 Å². The molecule has 0 spiro atoms. The second kappa shape index (κ2) is 8.45. The van der Waals surface area contributed by atoms with E-state index >= 15 is 0 Å². The summed E-state index contributed by atoms with van der Waals surface area (Å²) in [6.45, 7) is 4.59. The Balaban J connectivity index is 1.41. The molecular weight excluding hydrogens is 456 g/mol. The minimum atomic E-state index is -0.860. The molecule has 5 heterocycles. The van der Waals surface area contributed by atoms with E-state index in [1.54, 1.807) is 13.1 Å². The molecule has 1 saturated heterocycles. The molecule has 0 aliphatic carbocycles. The average Bonchev–Trinajstić information content (AvgIpc) is 3.60. The van der Waals surface area contributed by atoms with Crippen LogP contribution in [0.4, 0.5) is 11.8 Å². The van der Waals surface area contributed by atoms with Crippen LogP contribution in [0, 0.1) is 0 Å². The predicted octanol–water partition coefficient (Wildman–Crippen LogP) is 0.462. The zero-order valence-corrected chi connectivity index (χ0v) is 19.7. The highest BCUT2D eigenvalue weighted by molar-refractivity contribution is 5.92. The molecule has 1 aliphatic rings. The van der Waals surface area contributed by atoms with E-state index in [4.69, 9.17) is 4.42 Å². The van der Waals surface area contributed by atoms with E-state index in [1.165, 1.54) is 35.9 Å². The van der Waals surface area contributed by atoms with Gasteiger partial charge in [0.25, 0.3) is 17.4 Å². The summed E-state index contributed by atoms with van der Waals surface area (Å²) in [6, 6.07) is -0.642. The number of fused-ring (bicyclic) bond motifs is 1. The van der Waals surface area contributed by atoms with Gasteiger partial charge in [0.1, 0.15) is 18.2 Å². The summed E-state index contributed by atoms with van der Waals surface area (Å²) in [5, 5.41) is 10.6. The number of hydrogen-bond acceptors (Lipinski definition) is 10. The first-order chi connectivity index (χ1) is 16.8. The zero-order chi connectivity index (χ0) is 24.9. The summed E-state index contributed by atoms with van der Waals surface area (Å²) in [4.78, 5) is 52.6. The van der Waals surface area contributed by atoms with Crippen molar-refractivity contribution in [3.05, 3.63) is 39.7 Å². The van der Waals surface area contributed by atoms with E-state index < -0.39 is 23.2 Å². The van der Waals surface area contributed by atoms with Gasteiger partial charge in [0, 0.05) is 32.9 Å². The molecule has 5 rings (SSSR count). The zero-order valence-electron chi connectivity index (χ0n) is 19.7. The van der Waals surface area contributed by atoms with E-state index in [2.05, 4.69) is 42.3 Å². The standard InChI is InChI=1S/C21H24N10O4/c1-11-6-5-7-30(11)15-13(8-22-9-23-15)18-26-27-20(35-18)25-17(32)12(2)31-10-24-16-14(31)19(33)29(4)21(34)28(16)3/h8-12H,5-7H2,1-4H3,(H,25,27,32)/t11-,12-/m0/s1. The van der Waals surface area contributed by atoms with Crippen LogP contribution in [0.1, 0.15) is 32.7 Å². The van der Waals surface area contributed by atoms with Crippen molar-refractivity contribution in [3.8, 4) is 11.5 Å². The van der Waals surface area contributed by atoms with Gasteiger partial charge in [-0.05, 0) is 26.7 Å². The van der Waals surface area contributed by atoms with Crippen LogP contribution < -0.4 is 21.5 Å². The Kier molecular flexibility index (Phi) is 5.42. The van der Waals surface area contributed by atoms with Crippen molar-refractivity contribution < 1.29 is 9.21 Å². The van der Waals surface area contributed by atoms with Gasteiger partial charge >= 0.3 is 11.7 Å². The SMILES string of the molecule is C[C@H]1CCCN1c1ncncc1-c1nnc(NC(=O)[C@H](C)n2cnc3c2c(=O)n(C)c(=O)n3C)o1. The van der Waals surface area contributed by atoms with Crippen LogP contribution in [0.5, 0.6) is 0 Å². The highest BCUT2D eigenvalue weighted by atomic mass is 16.4. The number of nitrogens with zero attached hydrogens (tertiary/aromatic N) is 9. The molecule has 0 saturated carbocycles. The lowest BCUT2D eigenvalue weighted by molar-refractivity contribution is -0.118. The maximum Gasteiger partial charge on any atom is 0.332 e. The minimum Gasteiger partial charge on any atom is -0.403 e. The van der Waals surface area contributed by atoms with Crippen molar-refractivity contribution in [1.82, 2.24) is 38.9 Å². The molecule has 1 amide bonds. The summed E-state index contributed by atoms with van der Waals surface area (Å²) in [5.41, 5.74) is -0.156. The molecule has 0 unspecified atom stereocenters. The number of rotatable bonds is 5. The lowest BCUT2D eigenvalue weighted by Crippen LogP contribution is -2.38. The Bertz CT molecular complexity index is 1550. The van der Waals surface area contributed by atoms with E-state index in [0.717, 1.165) is 24.0 Å². The summed E-state index contributed by atoms with van der Waals surface area (Å²) >= 11 is 0. The number of aryl methyl sites for hydroxylation is 1. The number of aromatic nitrogens is 8. The highest BCUT2D eigenvalue weighted by Crippen LogP contribution is 2.32. The van der Waals surface area contributed by atoms with E-state index in [1.807, 2.05) is 0 Å². The first-order valence-electron chi connectivity index (χ1n) is 11.1. The van der Waals surface area contributed by atoms with Crippen molar-refractivity contribution >= 4 is 28.9 Å². The summed E-state index contributed by atoms with van der Waals surface area (Å²) in [7, 11) is 2.88. The van der Waals surface area contributed by atoms with Gasteiger partial charge in [0.15, 0.2) is 11.2 Å². The van der Waals surface area contributed by atoms with Gasteiger partial charge in [-0.2, -0.15) is 0 Å². The predicted molar refractivity (Wildman–Crippen MR) is 125 cm³/mol. The van der Waals surface area contributed by atoms with E-state index in [-0.39, 0.29) is 23.1 Å². The number of carbonyl (C=O) groups is 1. The van der Waals surface area contributed by atoms with Crippen LogP contribution in [-0.2, 0) is 18.9 Å². The van der Waals surface area contributed by atoms with Gasteiger partial charge in [-0.25, -0.2) is 19.7 Å². The largest absolute Gasteiger partial charge is 0.403 e. The fourth-order valence-corrected chi connectivity index (χ4v) is 4.33. The molecule has 182 valence electrons. The van der Waals surface area contributed by atoms with Crippen molar-refractivity contribution in [2.24, 2.45) is 14.1 Å². The summed E-state index contributed by atoms with van der Waals surface area (Å²) in [5.74, 6) is 0.374. The number of carbonyl (C=O) groups excluding carboxylic acids is 1. The van der Waals surface area contributed by atoms with Crippen LogP contribution in [0.25, 0.3) is 22.6 Å². The first-order valence-corrected chi connectivity index (χ1v) is 11.1. The fourth-order valence-electron chi connectivity index (χ4n) is 4.33. The van der Waals surface area contributed by atoms with Gasteiger partial charge < -0.3 is 13.9 Å². The van der Waals surface area contributed by atoms with Gasteiger partial charge in [-0.1, -0.05) is 5.10 Å². The van der Waals surface area contributed by atoms with Crippen LogP contribution >= 0.6 is 0 Å². The van der Waals surface area contributed by atoms with Crippen molar-refractivity contribution in [1.29, 1.82) is 0 Å². The number of anilines is 2. The maximum absolute atomic E-state index is 13.0. The third kappa shape index (κ3) is 3.66. The first kappa shape index (κ1) is 22.4. The third-order valence-electron chi connectivity index (χ3n) is 6.37. The number of amides is 1.